The van der Waals surface area contributed by atoms with Crippen LogP contribution in [-0.2, 0) is 23.4 Å². The van der Waals surface area contributed by atoms with Gasteiger partial charge in [-0.1, -0.05) is 25.1 Å². The number of imidazole rings is 1. The largest absolute Gasteiger partial charge is 0.462 e. The van der Waals surface area contributed by atoms with Gasteiger partial charge in [-0.25, -0.2) is 13.9 Å². The Kier molecular flexibility index (Phi) is 8.40. The number of hydrogen-bond acceptors (Lipinski definition) is 11. The van der Waals surface area contributed by atoms with E-state index in [1.54, 1.807) is 62.7 Å². The number of halogens is 1. The number of carbonyl (C=O) groups excluding carboxylic acids is 1. The Morgan fingerprint density at radius 1 is 1.31 bits per heavy atom. The molecule has 212 valence electrons. The second-order valence-electron chi connectivity index (χ2n) is 9.59. The molecule has 1 fully saturated rings. The fourth-order valence-electron chi connectivity index (χ4n) is 4.20. The zero-order valence-corrected chi connectivity index (χ0v) is 23.2. The Morgan fingerprint density at radius 2 is 2.03 bits per heavy atom. The van der Waals surface area contributed by atoms with Crippen LogP contribution in [0, 0.1) is 5.92 Å². The molecule has 1 aliphatic heterocycles. The molecule has 5 atom stereocenters. The first-order chi connectivity index (χ1) is 18.4. The smallest absolute Gasteiger partial charge is 0.459 e. The maximum absolute atomic E-state index is 16.0. The summed E-state index contributed by atoms with van der Waals surface area (Å²) in [5.41, 5.74) is 6.65. The number of nitrogen functional groups attached to an aromatic ring is 1. The van der Waals surface area contributed by atoms with E-state index < -0.39 is 38.4 Å². The Hall–Kier alpha value is -3.32. The third-order valence-corrected chi connectivity index (χ3v) is 7.49. The highest BCUT2D eigenvalue weighted by Gasteiger charge is 2.49. The number of para-hydroxylation sites is 1. The van der Waals surface area contributed by atoms with Crippen molar-refractivity contribution < 1.29 is 32.3 Å². The number of rotatable bonds is 11. The number of ether oxygens (including phenoxy) is 2. The van der Waals surface area contributed by atoms with Crippen LogP contribution in [0.3, 0.4) is 0 Å². The minimum Gasteiger partial charge on any atom is -0.462 e. The third-order valence-electron chi connectivity index (χ3n) is 5.87. The van der Waals surface area contributed by atoms with E-state index in [-0.39, 0.29) is 30.1 Å². The molecular formula is C24H33FN7O6P. The lowest BCUT2D eigenvalue weighted by atomic mass is 10.1. The quantitative estimate of drug-likeness (QED) is 0.228. The molecule has 0 spiro atoms. The summed E-state index contributed by atoms with van der Waals surface area (Å²) in [4.78, 5) is 25.0. The standard InChI is InChI=1S/C24H33FN7O6P/c1-14(2)36-22(33)16(4)31-39(34,38-17-9-7-6-8-10-17)35-12-24(25)11-15(3)21(37-24)32-13-28-18-19(27-5)29-23(26)30-20(18)32/h6-10,13-16,21H,11-12H2,1-5H3,(H,31,34)(H3,26,27,29,30)/t15-,16+,21+,24-,39-/m0/s1. The zero-order valence-electron chi connectivity index (χ0n) is 22.3. The van der Waals surface area contributed by atoms with Crippen molar-refractivity contribution in [3.05, 3.63) is 36.7 Å². The van der Waals surface area contributed by atoms with Crippen LogP contribution in [0.1, 0.15) is 40.3 Å². The normalized spacial score (nSPS) is 23.5. The second kappa shape index (κ2) is 11.4. The molecule has 15 heteroatoms. The molecule has 13 nitrogen and oxygen atoms in total. The number of nitrogens with zero attached hydrogens (tertiary/aromatic N) is 4. The van der Waals surface area contributed by atoms with Gasteiger partial charge >= 0.3 is 13.7 Å². The van der Waals surface area contributed by atoms with Crippen molar-refractivity contribution in [1.29, 1.82) is 0 Å². The highest BCUT2D eigenvalue weighted by atomic mass is 31.2. The highest BCUT2D eigenvalue weighted by Crippen LogP contribution is 2.49. The summed E-state index contributed by atoms with van der Waals surface area (Å²) in [6, 6.07) is 7.13. The Balaban J connectivity index is 1.53. The van der Waals surface area contributed by atoms with Crippen LogP contribution < -0.4 is 20.7 Å². The summed E-state index contributed by atoms with van der Waals surface area (Å²) in [6.07, 6.45) is 0.179. The van der Waals surface area contributed by atoms with Gasteiger partial charge in [0, 0.05) is 19.4 Å². The van der Waals surface area contributed by atoms with Gasteiger partial charge in [0.05, 0.1) is 12.4 Å². The van der Waals surface area contributed by atoms with Gasteiger partial charge in [0.1, 0.15) is 24.6 Å². The van der Waals surface area contributed by atoms with Gasteiger partial charge in [0.2, 0.25) is 11.8 Å². The predicted octanol–water partition coefficient (Wildman–Crippen LogP) is 3.80. The summed E-state index contributed by atoms with van der Waals surface area (Å²) < 4.78 is 53.4. The van der Waals surface area contributed by atoms with Gasteiger partial charge in [0.25, 0.3) is 0 Å². The minimum absolute atomic E-state index is 0.0179. The molecule has 39 heavy (non-hydrogen) atoms. The molecule has 0 saturated carbocycles. The average Bonchev–Trinajstić information content (AvgIpc) is 3.42. The second-order valence-corrected chi connectivity index (χ2v) is 11.3. The third kappa shape index (κ3) is 6.64. The minimum atomic E-state index is -4.28. The van der Waals surface area contributed by atoms with Crippen molar-refractivity contribution in [2.75, 3.05) is 24.7 Å². The molecule has 4 N–H and O–H groups in total. The number of aromatic nitrogens is 4. The average molecular weight is 566 g/mol. The molecular weight excluding hydrogens is 532 g/mol. The molecule has 3 aromatic rings. The van der Waals surface area contributed by atoms with Crippen molar-refractivity contribution >= 4 is 36.6 Å². The summed E-state index contributed by atoms with van der Waals surface area (Å²) >= 11 is 0. The van der Waals surface area contributed by atoms with Gasteiger partial charge in [0.15, 0.2) is 17.0 Å². The van der Waals surface area contributed by atoms with Gasteiger partial charge < -0.3 is 25.0 Å². The molecule has 4 rings (SSSR count). The van der Waals surface area contributed by atoms with Gasteiger partial charge in [-0.3, -0.25) is 13.9 Å². The number of nitrogens with two attached hydrogens (primary N) is 1. The Labute approximate surface area is 225 Å². The van der Waals surface area contributed by atoms with E-state index in [1.165, 1.54) is 13.3 Å². The molecule has 0 bridgehead atoms. The van der Waals surface area contributed by atoms with E-state index in [1.807, 2.05) is 0 Å². The fourth-order valence-corrected chi connectivity index (χ4v) is 5.72. The summed E-state index contributed by atoms with van der Waals surface area (Å²) in [6.45, 7) is 5.87. The van der Waals surface area contributed by atoms with E-state index in [9.17, 15) is 9.36 Å². The van der Waals surface area contributed by atoms with Crippen molar-refractivity contribution in [2.45, 2.75) is 58.3 Å². The summed E-state index contributed by atoms with van der Waals surface area (Å²) in [5.74, 6) is -2.72. The van der Waals surface area contributed by atoms with Crippen LogP contribution in [0.25, 0.3) is 11.2 Å². The molecule has 1 aromatic carbocycles. The molecule has 1 saturated heterocycles. The van der Waals surface area contributed by atoms with Crippen LogP contribution in [0.4, 0.5) is 16.2 Å². The molecule has 0 unspecified atom stereocenters. The molecule has 0 aliphatic carbocycles. The van der Waals surface area contributed by atoms with E-state index >= 15 is 4.39 Å². The topological polar surface area (TPSA) is 165 Å². The first-order valence-corrected chi connectivity index (χ1v) is 14.0. The van der Waals surface area contributed by atoms with Crippen LogP contribution in [-0.4, -0.2) is 57.1 Å². The predicted molar refractivity (Wildman–Crippen MR) is 141 cm³/mol. The number of carbonyl (C=O) groups is 1. The van der Waals surface area contributed by atoms with E-state index in [0.29, 0.717) is 17.0 Å². The van der Waals surface area contributed by atoms with Gasteiger partial charge in [-0.15, -0.1) is 0 Å². The first kappa shape index (κ1) is 28.7. The summed E-state index contributed by atoms with van der Waals surface area (Å²) in [7, 11) is -2.61. The Bertz CT molecular complexity index is 1360. The number of anilines is 2. The lowest BCUT2D eigenvalue weighted by molar-refractivity contribution is -0.173. The number of nitrogens with one attached hydrogen (secondary N) is 2. The first-order valence-electron chi connectivity index (χ1n) is 12.4. The molecule has 0 radical (unpaired) electrons. The van der Waals surface area contributed by atoms with Crippen molar-refractivity contribution in [3.63, 3.8) is 0 Å². The van der Waals surface area contributed by atoms with Crippen molar-refractivity contribution in [2.24, 2.45) is 5.92 Å². The molecule has 1 aliphatic rings. The highest BCUT2D eigenvalue weighted by molar-refractivity contribution is 7.52. The maximum atomic E-state index is 16.0. The molecule has 3 heterocycles. The molecule has 2 aromatic heterocycles. The number of alkyl halides is 1. The summed E-state index contributed by atoms with van der Waals surface area (Å²) in [5, 5.41) is 5.45. The van der Waals surface area contributed by atoms with Crippen molar-refractivity contribution in [1.82, 2.24) is 24.6 Å². The van der Waals surface area contributed by atoms with Crippen LogP contribution in [0.15, 0.2) is 36.7 Å². The van der Waals surface area contributed by atoms with Gasteiger partial charge in [-0.05, 0) is 32.9 Å². The molecule has 0 amide bonds. The SMILES string of the molecule is CNc1nc(N)nc2c1ncn2[C@@H]1O[C@](F)(CO[P@@](=O)(N[C@H](C)C(=O)OC(C)C)Oc2ccccc2)C[C@@H]1C. The number of esters is 1. The maximum Gasteiger partial charge on any atom is 0.459 e. The van der Waals surface area contributed by atoms with Crippen LogP contribution in [0.2, 0.25) is 0 Å². The number of hydrogen-bond donors (Lipinski definition) is 3. The lowest BCUT2D eigenvalue weighted by Crippen LogP contribution is -2.37. The van der Waals surface area contributed by atoms with E-state index in [4.69, 9.17) is 24.3 Å². The Morgan fingerprint density at radius 3 is 2.69 bits per heavy atom. The van der Waals surface area contributed by atoms with Crippen LogP contribution >= 0.6 is 7.75 Å². The van der Waals surface area contributed by atoms with Crippen molar-refractivity contribution in [3.8, 4) is 5.75 Å². The number of benzene rings is 1. The van der Waals surface area contributed by atoms with Crippen LogP contribution in [0.5, 0.6) is 5.75 Å². The van der Waals surface area contributed by atoms with E-state index in [0.717, 1.165) is 0 Å². The fraction of sp³-hybridized carbons (Fsp3) is 0.500. The van der Waals surface area contributed by atoms with Gasteiger partial charge in [-0.2, -0.15) is 15.1 Å². The zero-order chi connectivity index (χ0) is 28.4. The van der Waals surface area contributed by atoms with E-state index in [2.05, 4.69) is 25.4 Å². The lowest BCUT2D eigenvalue weighted by Gasteiger charge is -2.26. The number of fused-ring (bicyclic) bond motifs is 1. The monoisotopic (exact) mass is 565 g/mol.